The van der Waals surface area contributed by atoms with E-state index in [1.807, 2.05) is 12.1 Å². The molecule has 0 spiro atoms. The molecule has 1 aromatic carbocycles. The zero-order valence-electron chi connectivity index (χ0n) is 16.4. The van der Waals surface area contributed by atoms with Crippen LogP contribution >= 0.6 is 0 Å². The zero-order valence-corrected chi connectivity index (χ0v) is 16.4. The van der Waals surface area contributed by atoms with E-state index in [1.165, 1.54) is 4.57 Å². The normalized spacial score (nSPS) is 10.7. The number of anilines is 1. The highest BCUT2D eigenvalue weighted by atomic mass is 16.5. The standard InChI is InChI=1S/C22H19N5O4/c28-19(9-13-27-17-5-2-1-4-16(17)21(29)26-22(27)30)25-20-18(6-3-10-24-20)31-14-15-7-11-23-12-8-15/h1-8,10-12H,9,13-14H2,(H,24,25,28)(H,26,29,30). The number of H-pyrrole nitrogens is 1. The van der Waals surface area contributed by atoms with Crippen LogP contribution < -0.4 is 21.3 Å². The molecule has 1 amide bonds. The molecule has 9 heteroatoms. The minimum Gasteiger partial charge on any atom is -0.485 e. The molecule has 0 unspecified atom stereocenters. The summed E-state index contributed by atoms with van der Waals surface area (Å²) in [7, 11) is 0. The highest BCUT2D eigenvalue weighted by Gasteiger charge is 2.12. The number of hydrogen-bond acceptors (Lipinski definition) is 6. The van der Waals surface area contributed by atoms with Crippen molar-refractivity contribution in [1.29, 1.82) is 0 Å². The fraction of sp³-hybridized carbons (Fsp3) is 0.136. The Labute approximate surface area is 176 Å². The van der Waals surface area contributed by atoms with E-state index in [-0.39, 0.29) is 18.9 Å². The maximum absolute atomic E-state index is 12.5. The summed E-state index contributed by atoms with van der Waals surface area (Å²) < 4.78 is 7.15. The van der Waals surface area contributed by atoms with Crippen LogP contribution in [-0.2, 0) is 17.9 Å². The highest BCUT2D eigenvalue weighted by molar-refractivity contribution is 5.91. The van der Waals surface area contributed by atoms with Gasteiger partial charge in [0.1, 0.15) is 6.61 Å². The number of rotatable bonds is 7. The van der Waals surface area contributed by atoms with Gasteiger partial charge in [0.15, 0.2) is 11.6 Å². The van der Waals surface area contributed by atoms with Gasteiger partial charge in [-0.05, 0) is 42.0 Å². The van der Waals surface area contributed by atoms with E-state index < -0.39 is 11.2 Å². The summed E-state index contributed by atoms with van der Waals surface area (Å²) in [5.41, 5.74) is 0.394. The van der Waals surface area contributed by atoms with Gasteiger partial charge in [0.2, 0.25) is 5.91 Å². The molecule has 0 aliphatic carbocycles. The molecule has 0 saturated heterocycles. The first kappa shape index (κ1) is 20.0. The molecule has 0 fully saturated rings. The molecule has 0 radical (unpaired) electrons. The molecule has 3 heterocycles. The molecule has 0 saturated carbocycles. The Kier molecular flexibility index (Phi) is 5.84. The Morgan fingerprint density at radius 1 is 1.03 bits per heavy atom. The van der Waals surface area contributed by atoms with Crippen molar-refractivity contribution in [1.82, 2.24) is 19.5 Å². The average Bonchev–Trinajstić information content (AvgIpc) is 2.79. The first-order valence-electron chi connectivity index (χ1n) is 9.60. The minimum absolute atomic E-state index is 0.0102. The van der Waals surface area contributed by atoms with Crippen LogP contribution in [0.4, 0.5) is 5.82 Å². The molecule has 0 aliphatic heterocycles. The van der Waals surface area contributed by atoms with Crippen LogP contribution in [-0.4, -0.2) is 25.4 Å². The molecule has 4 aromatic rings. The number of aromatic nitrogens is 4. The number of benzene rings is 1. The predicted molar refractivity (Wildman–Crippen MR) is 115 cm³/mol. The van der Waals surface area contributed by atoms with E-state index in [4.69, 9.17) is 4.74 Å². The SMILES string of the molecule is O=C(CCn1c(=O)[nH]c(=O)c2ccccc21)Nc1ncccc1OCc1ccncc1. The molecule has 2 N–H and O–H groups in total. The lowest BCUT2D eigenvalue weighted by Gasteiger charge is -2.12. The van der Waals surface area contributed by atoms with Crippen LogP contribution in [0, 0.1) is 0 Å². The van der Waals surface area contributed by atoms with Crippen molar-refractivity contribution < 1.29 is 9.53 Å². The molecular weight excluding hydrogens is 398 g/mol. The number of carbonyl (C=O) groups is 1. The Balaban J connectivity index is 1.45. The Bertz CT molecular complexity index is 1330. The van der Waals surface area contributed by atoms with Crippen molar-refractivity contribution >= 4 is 22.6 Å². The summed E-state index contributed by atoms with van der Waals surface area (Å²) in [5, 5.41) is 3.11. The molecule has 3 aromatic heterocycles. The van der Waals surface area contributed by atoms with Gasteiger partial charge in [-0.2, -0.15) is 0 Å². The topological polar surface area (TPSA) is 119 Å². The number of fused-ring (bicyclic) bond motifs is 1. The number of carbonyl (C=O) groups excluding carboxylic acids is 1. The smallest absolute Gasteiger partial charge is 0.328 e. The second kappa shape index (κ2) is 9.04. The summed E-state index contributed by atoms with van der Waals surface area (Å²) in [5.74, 6) is 0.384. The number of aromatic amines is 1. The van der Waals surface area contributed by atoms with E-state index in [0.717, 1.165) is 5.56 Å². The van der Waals surface area contributed by atoms with Gasteiger partial charge >= 0.3 is 5.69 Å². The van der Waals surface area contributed by atoms with E-state index in [1.54, 1.807) is 55.0 Å². The Morgan fingerprint density at radius 3 is 2.68 bits per heavy atom. The van der Waals surface area contributed by atoms with Gasteiger partial charge in [-0.3, -0.25) is 24.1 Å². The molecule has 0 bridgehead atoms. The predicted octanol–water partition coefficient (Wildman–Crippen LogP) is 2.09. The van der Waals surface area contributed by atoms with E-state index >= 15 is 0 Å². The Hall–Kier alpha value is -4.27. The molecular formula is C22H19N5O4. The fourth-order valence-electron chi connectivity index (χ4n) is 3.11. The highest BCUT2D eigenvalue weighted by Crippen LogP contribution is 2.22. The molecule has 9 nitrogen and oxygen atoms in total. The van der Waals surface area contributed by atoms with E-state index in [2.05, 4.69) is 20.3 Å². The Morgan fingerprint density at radius 2 is 1.84 bits per heavy atom. The van der Waals surface area contributed by atoms with E-state index in [0.29, 0.717) is 29.1 Å². The van der Waals surface area contributed by atoms with Gasteiger partial charge in [0.05, 0.1) is 10.9 Å². The molecule has 0 aliphatic rings. The number of hydrogen-bond donors (Lipinski definition) is 2. The summed E-state index contributed by atoms with van der Waals surface area (Å²) >= 11 is 0. The number of para-hydroxylation sites is 1. The van der Waals surface area contributed by atoms with Crippen molar-refractivity contribution in [3.63, 3.8) is 0 Å². The quantitative estimate of drug-likeness (QED) is 0.475. The van der Waals surface area contributed by atoms with Gasteiger partial charge in [-0.25, -0.2) is 9.78 Å². The summed E-state index contributed by atoms with van der Waals surface area (Å²) in [4.78, 5) is 47.1. The number of pyridine rings is 2. The van der Waals surface area contributed by atoms with Crippen LogP contribution in [0.5, 0.6) is 5.75 Å². The zero-order chi connectivity index (χ0) is 21.6. The molecule has 0 atom stereocenters. The number of nitrogens with zero attached hydrogens (tertiary/aromatic N) is 3. The van der Waals surface area contributed by atoms with Crippen LogP contribution in [0.2, 0.25) is 0 Å². The van der Waals surface area contributed by atoms with Crippen LogP contribution in [0.25, 0.3) is 10.9 Å². The second-order valence-electron chi connectivity index (χ2n) is 6.72. The van der Waals surface area contributed by atoms with Gasteiger partial charge < -0.3 is 10.1 Å². The molecule has 156 valence electrons. The third-order valence-electron chi connectivity index (χ3n) is 4.64. The summed E-state index contributed by atoms with van der Waals surface area (Å²) in [6, 6.07) is 13.8. The summed E-state index contributed by atoms with van der Waals surface area (Å²) in [6.07, 6.45) is 4.91. The molecule has 4 rings (SSSR count). The lowest BCUT2D eigenvalue weighted by Crippen LogP contribution is -2.31. The minimum atomic E-state index is -0.560. The number of ether oxygens (including phenoxy) is 1. The van der Waals surface area contributed by atoms with Crippen LogP contribution in [0.1, 0.15) is 12.0 Å². The first-order chi connectivity index (χ1) is 15.1. The van der Waals surface area contributed by atoms with Crippen molar-refractivity contribution in [2.75, 3.05) is 5.32 Å². The van der Waals surface area contributed by atoms with Crippen molar-refractivity contribution in [3.8, 4) is 5.75 Å². The van der Waals surface area contributed by atoms with Crippen molar-refractivity contribution in [2.45, 2.75) is 19.6 Å². The molecule has 31 heavy (non-hydrogen) atoms. The third kappa shape index (κ3) is 4.67. The summed E-state index contributed by atoms with van der Waals surface area (Å²) in [6.45, 7) is 0.401. The largest absolute Gasteiger partial charge is 0.485 e. The van der Waals surface area contributed by atoms with E-state index in [9.17, 15) is 14.4 Å². The fourth-order valence-corrected chi connectivity index (χ4v) is 3.11. The van der Waals surface area contributed by atoms with Crippen LogP contribution in [0.15, 0.2) is 76.7 Å². The monoisotopic (exact) mass is 417 g/mol. The van der Waals surface area contributed by atoms with Gasteiger partial charge in [0.25, 0.3) is 5.56 Å². The van der Waals surface area contributed by atoms with Gasteiger partial charge in [-0.15, -0.1) is 0 Å². The number of nitrogens with one attached hydrogen (secondary N) is 2. The van der Waals surface area contributed by atoms with Crippen molar-refractivity contribution in [2.24, 2.45) is 0 Å². The third-order valence-corrected chi connectivity index (χ3v) is 4.64. The lowest BCUT2D eigenvalue weighted by atomic mass is 10.2. The first-order valence-corrected chi connectivity index (χ1v) is 9.60. The van der Waals surface area contributed by atoms with Gasteiger partial charge in [-0.1, -0.05) is 12.1 Å². The maximum atomic E-state index is 12.5. The number of amides is 1. The van der Waals surface area contributed by atoms with Gasteiger partial charge in [0, 0.05) is 31.6 Å². The number of aryl methyl sites for hydroxylation is 1. The lowest BCUT2D eigenvalue weighted by molar-refractivity contribution is -0.116. The van der Waals surface area contributed by atoms with Crippen LogP contribution in [0.3, 0.4) is 0 Å². The second-order valence-corrected chi connectivity index (χ2v) is 6.72. The maximum Gasteiger partial charge on any atom is 0.328 e. The van der Waals surface area contributed by atoms with Crippen molar-refractivity contribution in [3.05, 3.63) is 93.5 Å². The average molecular weight is 417 g/mol.